The highest BCUT2D eigenvalue weighted by Crippen LogP contribution is 2.38. The van der Waals surface area contributed by atoms with Crippen LogP contribution in [0.4, 0.5) is 0 Å². The molecular formula is C14H20N2O2S. The summed E-state index contributed by atoms with van der Waals surface area (Å²) in [5.74, 6) is 2.50. The van der Waals surface area contributed by atoms with E-state index in [0.717, 1.165) is 29.2 Å². The zero-order valence-electron chi connectivity index (χ0n) is 11.3. The molecule has 1 aromatic carbocycles. The number of rotatable bonds is 4. The van der Waals surface area contributed by atoms with Gasteiger partial charge in [-0.1, -0.05) is 6.08 Å². The normalized spacial score (nSPS) is 20.3. The lowest BCUT2D eigenvalue weighted by Crippen LogP contribution is -2.26. The van der Waals surface area contributed by atoms with Crippen LogP contribution >= 0.6 is 11.8 Å². The summed E-state index contributed by atoms with van der Waals surface area (Å²) in [6.45, 7) is 2.07. The molecule has 0 amide bonds. The maximum absolute atomic E-state index is 5.85. The Morgan fingerprint density at radius 2 is 2.32 bits per heavy atom. The fourth-order valence-corrected chi connectivity index (χ4v) is 2.64. The number of hydrogen-bond acceptors (Lipinski definition) is 5. The minimum atomic E-state index is -0.329. The van der Waals surface area contributed by atoms with E-state index in [0.29, 0.717) is 0 Å². The SMILES string of the molecule is COc1ccc2c(c1)OC(C)C/C2=C/CSC(N)N. The number of ether oxygens (including phenoxy) is 2. The molecule has 0 aromatic heterocycles. The van der Waals surface area contributed by atoms with Gasteiger partial charge in [0.1, 0.15) is 17.0 Å². The third kappa shape index (κ3) is 3.65. The van der Waals surface area contributed by atoms with E-state index in [4.69, 9.17) is 20.9 Å². The fourth-order valence-electron chi connectivity index (χ4n) is 2.12. The average molecular weight is 280 g/mol. The van der Waals surface area contributed by atoms with Gasteiger partial charge in [0.05, 0.1) is 13.2 Å². The zero-order chi connectivity index (χ0) is 13.8. The van der Waals surface area contributed by atoms with Crippen molar-refractivity contribution in [3.05, 3.63) is 29.8 Å². The van der Waals surface area contributed by atoms with Crippen molar-refractivity contribution in [2.75, 3.05) is 12.9 Å². The van der Waals surface area contributed by atoms with E-state index in [1.807, 2.05) is 18.2 Å². The van der Waals surface area contributed by atoms with Crippen molar-refractivity contribution in [1.29, 1.82) is 0 Å². The van der Waals surface area contributed by atoms with Crippen LogP contribution < -0.4 is 20.9 Å². The number of nitrogens with two attached hydrogens (primary N) is 2. The highest BCUT2D eigenvalue weighted by molar-refractivity contribution is 7.99. The van der Waals surface area contributed by atoms with Crippen molar-refractivity contribution < 1.29 is 9.47 Å². The molecule has 1 unspecified atom stereocenters. The van der Waals surface area contributed by atoms with Gasteiger partial charge in [0.2, 0.25) is 0 Å². The van der Waals surface area contributed by atoms with E-state index in [1.165, 1.54) is 17.3 Å². The van der Waals surface area contributed by atoms with Gasteiger partial charge in [-0.2, -0.15) is 0 Å². The number of benzene rings is 1. The average Bonchev–Trinajstić information content (AvgIpc) is 2.37. The van der Waals surface area contributed by atoms with Gasteiger partial charge in [0.25, 0.3) is 0 Å². The van der Waals surface area contributed by atoms with Crippen LogP contribution in [-0.2, 0) is 0 Å². The highest BCUT2D eigenvalue weighted by atomic mass is 32.2. The van der Waals surface area contributed by atoms with Crippen LogP contribution in [0.15, 0.2) is 24.3 Å². The third-order valence-electron chi connectivity index (χ3n) is 2.99. The van der Waals surface area contributed by atoms with E-state index in [1.54, 1.807) is 7.11 Å². The van der Waals surface area contributed by atoms with Gasteiger partial charge in [-0.05, 0) is 24.6 Å². The molecule has 0 saturated carbocycles. The molecule has 0 aliphatic carbocycles. The van der Waals surface area contributed by atoms with Gasteiger partial charge < -0.3 is 20.9 Å². The zero-order valence-corrected chi connectivity index (χ0v) is 12.1. The topological polar surface area (TPSA) is 70.5 Å². The molecule has 2 rings (SSSR count). The maximum atomic E-state index is 5.85. The first-order valence-electron chi connectivity index (χ1n) is 6.27. The Morgan fingerprint density at radius 3 is 3.00 bits per heavy atom. The molecule has 104 valence electrons. The van der Waals surface area contributed by atoms with Gasteiger partial charge >= 0.3 is 0 Å². The molecule has 1 atom stereocenters. The van der Waals surface area contributed by atoms with Crippen LogP contribution in [0.3, 0.4) is 0 Å². The highest BCUT2D eigenvalue weighted by Gasteiger charge is 2.20. The lowest BCUT2D eigenvalue weighted by molar-refractivity contribution is 0.217. The van der Waals surface area contributed by atoms with Crippen LogP contribution in [0.2, 0.25) is 0 Å². The predicted octanol–water partition coefficient (Wildman–Crippen LogP) is 2.18. The summed E-state index contributed by atoms with van der Waals surface area (Å²) < 4.78 is 11.1. The van der Waals surface area contributed by atoms with Crippen LogP contribution in [-0.4, -0.2) is 24.5 Å². The standard InChI is InChI=1S/C14H20N2O2S/c1-9-7-10(5-6-19-14(15)16)12-4-3-11(17-2)8-13(12)18-9/h3-5,8-9,14H,6-7,15-16H2,1-2H3/b10-5-. The minimum Gasteiger partial charge on any atom is -0.497 e. The monoisotopic (exact) mass is 280 g/mol. The first-order valence-corrected chi connectivity index (χ1v) is 7.32. The molecule has 0 fully saturated rings. The van der Waals surface area contributed by atoms with Gasteiger partial charge in [-0.3, -0.25) is 0 Å². The second-order valence-corrected chi connectivity index (χ2v) is 5.73. The third-order valence-corrected chi connectivity index (χ3v) is 3.73. The molecule has 5 heteroatoms. The molecule has 0 radical (unpaired) electrons. The van der Waals surface area contributed by atoms with Crippen molar-refractivity contribution in [3.8, 4) is 11.5 Å². The molecule has 19 heavy (non-hydrogen) atoms. The summed E-state index contributed by atoms with van der Waals surface area (Å²) in [7, 11) is 1.66. The number of fused-ring (bicyclic) bond motifs is 1. The first-order chi connectivity index (χ1) is 9.10. The van der Waals surface area contributed by atoms with Crippen molar-refractivity contribution in [2.45, 2.75) is 24.9 Å². The second-order valence-electron chi connectivity index (χ2n) is 4.52. The van der Waals surface area contributed by atoms with Gasteiger partial charge in [-0.15, -0.1) is 11.8 Å². The molecule has 0 spiro atoms. The smallest absolute Gasteiger partial charge is 0.130 e. The van der Waals surface area contributed by atoms with Crippen LogP contribution in [0.5, 0.6) is 11.5 Å². The van der Waals surface area contributed by atoms with E-state index >= 15 is 0 Å². The summed E-state index contributed by atoms with van der Waals surface area (Å²) in [5, 5.41) is 0. The lowest BCUT2D eigenvalue weighted by Gasteiger charge is -2.26. The first kappa shape index (κ1) is 14.2. The molecule has 1 heterocycles. The Bertz CT molecular complexity index is 475. The van der Waals surface area contributed by atoms with Crippen molar-refractivity contribution in [1.82, 2.24) is 0 Å². The van der Waals surface area contributed by atoms with Crippen molar-refractivity contribution in [2.24, 2.45) is 11.5 Å². The second kappa shape index (κ2) is 6.32. The summed E-state index contributed by atoms with van der Waals surface area (Å²) in [5.41, 5.74) is 13.2. The summed E-state index contributed by atoms with van der Waals surface area (Å²) >= 11 is 1.52. The Morgan fingerprint density at radius 1 is 1.53 bits per heavy atom. The van der Waals surface area contributed by atoms with E-state index in [-0.39, 0.29) is 11.6 Å². The number of hydrogen-bond donors (Lipinski definition) is 2. The lowest BCUT2D eigenvalue weighted by atomic mass is 9.96. The molecule has 0 saturated heterocycles. The summed E-state index contributed by atoms with van der Waals surface area (Å²) in [4.78, 5) is 0. The Balaban J connectivity index is 2.23. The molecule has 1 aromatic rings. The van der Waals surface area contributed by atoms with Crippen LogP contribution in [0, 0.1) is 0 Å². The van der Waals surface area contributed by atoms with Crippen LogP contribution in [0.25, 0.3) is 5.57 Å². The maximum Gasteiger partial charge on any atom is 0.130 e. The van der Waals surface area contributed by atoms with E-state index in [2.05, 4.69) is 13.0 Å². The molecule has 4 N–H and O–H groups in total. The number of thioether (sulfide) groups is 1. The summed E-state index contributed by atoms with van der Waals surface area (Å²) in [6, 6.07) is 5.92. The molecule has 1 aliphatic heterocycles. The number of methoxy groups -OCH3 is 1. The van der Waals surface area contributed by atoms with Gasteiger partial charge in [0.15, 0.2) is 0 Å². The summed E-state index contributed by atoms with van der Waals surface area (Å²) in [6.07, 6.45) is 3.25. The van der Waals surface area contributed by atoms with Crippen molar-refractivity contribution in [3.63, 3.8) is 0 Å². The van der Waals surface area contributed by atoms with Gasteiger partial charge in [0, 0.05) is 23.8 Å². The Kier molecular flexibility index (Phi) is 4.74. The Labute approximate surface area is 118 Å². The van der Waals surface area contributed by atoms with Crippen LogP contribution in [0.1, 0.15) is 18.9 Å². The Hall–Kier alpha value is -1.17. The molecular weight excluding hydrogens is 260 g/mol. The minimum absolute atomic E-state index is 0.169. The predicted molar refractivity (Wildman–Crippen MR) is 80.3 cm³/mol. The fraction of sp³-hybridized carbons (Fsp3) is 0.429. The van der Waals surface area contributed by atoms with Crippen molar-refractivity contribution >= 4 is 17.3 Å². The molecule has 1 aliphatic rings. The molecule has 4 nitrogen and oxygen atoms in total. The quantitative estimate of drug-likeness (QED) is 0.827. The van der Waals surface area contributed by atoms with E-state index in [9.17, 15) is 0 Å². The largest absolute Gasteiger partial charge is 0.497 e. The van der Waals surface area contributed by atoms with Gasteiger partial charge in [-0.25, -0.2) is 0 Å². The molecule has 0 bridgehead atoms. The van der Waals surface area contributed by atoms with E-state index < -0.39 is 0 Å².